The van der Waals surface area contributed by atoms with Crippen LogP contribution >= 0.6 is 45.7 Å². The van der Waals surface area contributed by atoms with Gasteiger partial charge in [0.1, 0.15) is 0 Å². The molecular weight excluding hydrogens is 445 g/mol. The molecular formula is C15H12IN3O2S2. The Bertz CT molecular complexity index is 890. The van der Waals surface area contributed by atoms with Gasteiger partial charge in [-0.15, -0.1) is 23.1 Å². The van der Waals surface area contributed by atoms with E-state index in [0.29, 0.717) is 22.2 Å². The summed E-state index contributed by atoms with van der Waals surface area (Å²) in [7, 11) is 0. The fourth-order valence-corrected chi connectivity index (χ4v) is 3.76. The first-order chi connectivity index (χ1) is 11.1. The Kier molecular flexibility index (Phi) is 5.34. The predicted octanol–water partition coefficient (Wildman–Crippen LogP) is 3.23. The molecule has 0 saturated heterocycles. The molecule has 2 aromatic heterocycles. The Morgan fingerprint density at radius 3 is 2.91 bits per heavy atom. The molecule has 1 amide bonds. The predicted molar refractivity (Wildman–Crippen MR) is 103 cm³/mol. The lowest BCUT2D eigenvalue weighted by Gasteiger charge is -2.05. The number of carbonyl (C=O) groups is 1. The smallest absolute Gasteiger partial charge is 0.258 e. The minimum atomic E-state index is -0.0878. The number of carbonyl (C=O) groups excluding carboxylic acids is 1. The number of nitrogens with one attached hydrogen (secondary N) is 1. The second-order valence-corrected chi connectivity index (χ2v) is 7.79. The summed E-state index contributed by atoms with van der Waals surface area (Å²) in [5, 5.41) is 4.67. The van der Waals surface area contributed by atoms with E-state index in [2.05, 4.69) is 32.9 Å². The average Bonchev–Trinajstić information content (AvgIpc) is 2.99. The van der Waals surface area contributed by atoms with Crippen LogP contribution in [0.2, 0.25) is 0 Å². The summed E-state index contributed by atoms with van der Waals surface area (Å²) in [6.45, 7) is 0. The van der Waals surface area contributed by atoms with Crippen molar-refractivity contribution in [2.45, 2.75) is 5.75 Å². The fraction of sp³-hybridized carbons (Fsp3) is 0.133. The van der Waals surface area contributed by atoms with Crippen LogP contribution in [0.15, 0.2) is 46.7 Å². The lowest BCUT2D eigenvalue weighted by Crippen LogP contribution is -2.15. The Balaban J connectivity index is 1.54. The second-order valence-electron chi connectivity index (χ2n) is 4.69. The van der Waals surface area contributed by atoms with Crippen molar-refractivity contribution in [2.24, 2.45) is 0 Å². The number of aromatic nitrogens is 2. The van der Waals surface area contributed by atoms with Crippen molar-refractivity contribution in [2.75, 3.05) is 11.1 Å². The van der Waals surface area contributed by atoms with Crippen LogP contribution in [0, 0.1) is 3.57 Å². The van der Waals surface area contributed by atoms with Gasteiger partial charge in [-0.3, -0.25) is 14.0 Å². The van der Waals surface area contributed by atoms with E-state index in [9.17, 15) is 9.59 Å². The highest BCUT2D eigenvalue weighted by Crippen LogP contribution is 2.14. The van der Waals surface area contributed by atoms with Crippen molar-refractivity contribution in [1.29, 1.82) is 0 Å². The zero-order valence-corrected chi connectivity index (χ0v) is 15.7. The number of anilines is 1. The first-order valence-corrected chi connectivity index (χ1v) is 9.82. The van der Waals surface area contributed by atoms with Crippen LogP contribution in [-0.2, 0) is 10.5 Å². The van der Waals surface area contributed by atoms with E-state index in [4.69, 9.17) is 0 Å². The Labute approximate surface area is 154 Å². The van der Waals surface area contributed by atoms with Gasteiger partial charge in [-0.1, -0.05) is 0 Å². The third-order valence-electron chi connectivity index (χ3n) is 2.97. The number of amides is 1. The van der Waals surface area contributed by atoms with Gasteiger partial charge in [-0.2, -0.15) is 0 Å². The highest BCUT2D eigenvalue weighted by molar-refractivity contribution is 14.1. The molecule has 0 radical (unpaired) electrons. The van der Waals surface area contributed by atoms with Crippen LogP contribution in [0.4, 0.5) is 5.69 Å². The molecule has 0 aliphatic carbocycles. The molecule has 1 aromatic carbocycles. The lowest BCUT2D eigenvalue weighted by atomic mass is 10.3. The van der Waals surface area contributed by atoms with E-state index >= 15 is 0 Å². The third-order valence-corrected chi connectivity index (χ3v) is 5.41. The number of benzene rings is 1. The molecule has 1 N–H and O–H groups in total. The van der Waals surface area contributed by atoms with Gasteiger partial charge < -0.3 is 5.32 Å². The molecule has 5 nitrogen and oxygen atoms in total. The van der Waals surface area contributed by atoms with Gasteiger partial charge >= 0.3 is 0 Å². The van der Waals surface area contributed by atoms with Gasteiger partial charge in [0, 0.05) is 32.7 Å². The maximum absolute atomic E-state index is 11.9. The zero-order chi connectivity index (χ0) is 16.2. The van der Waals surface area contributed by atoms with E-state index in [1.54, 1.807) is 6.20 Å². The molecule has 0 fully saturated rings. The Morgan fingerprint density at radius 1 is 1.35 bits per heavy atom. The van der Waals surface area contributed by atoms with Crippen molar-refractivity contribution in [3.8, 4) is 0 Å². The van der Waals surface area contributed by atoms with Crippen LogP contribution in [0.25, 0.3) is 4.96 Å². The Morgan fingerprint density at radius 2 is 2.13 bits per heavy atom. The number of fused-ring (bicyclic) bond motifs is 1. The molecule has 0 saturated carbocycles. The van der Waals surface area contributed by atoms with Gasteiger partial charge in [-0.25, -0.2) is 4.98 Å². The van der Waals surface area contributed by atoms with Crippen LogP contribution in [0.3, 0.4) is 0 Å². The SMILES string of the molecule is O=C(CSCc1cc(=O)n2ccsc2n1)Nc1ccc(I)cc1. The van der Waals surface area contributed by atoms with E-state index in [0.717, 1.165) is 9.26 Å². The van der Waals surface area contributed by atoms with Crippen molar-refractivity contribution < 1.29 is 4.79 Å². The Hall–Kier alpha value is -1.39. The molecule has 3 rings (SSSR count). The number of halogens is 1. The number of thiazole rings is 1. The molecule has 0 spiro atoms. The topological polar surface area (TPSA) is 63.5 Å². The molecule has 2 heterocycles. The van der Waals surface area contributed by atoms with Crippen LogP contribution in [-0.4, -0.2) is 21.0 Å². The quantitative estimate of drug-likeness (QED) is 0.598. The number of rotatable bonds is 5. The van der Waals surface area contributed by atoms with Crippen LogP contribution in [0.5, 0.6) is 0 Å². The van der Waals surface area contributed by atoms with E-state index in [1.807, 2.05) is 29.6 Å². The molecule has 0 atom stereocenters. The maximum Gasteiger partial charge on any atom is 0.258 e. The summed E-state index contributed by atoms with van der Waals surface area (Å²) in [5.74, 6) is 0.784. The molecule has 118 valence electrons. The summed E-state index contributed by atoms with van der Waals surface area (Å²) >= 11 is 5.08. The minimum absolute atomic E-state index is 0.0647. The average molecular weight is 457 g/mol. The highest BCUT2D eigenvalue weighted by atomic mass is 127. The molecule has 3 aromatic rings. The summed E-state index contributed by atoms with van der Waals surface area (Å²) in [6, 6.07) is 9.15. The standard InChI is InChI=1S/C15H12IN3O2S2/c16-10-1-3-11(4-2-10)17-13(20)9-22-8-12-7-14(21)19-5-6-23-15(19)18-12/h1-7H,8-9H2,(H,17,20). The lowest BCUT2D eigenvalue weighted by molar-refractivity contribution is -0.113. The second kappa shape index (κ2) is 7.45. The number of thioether (sulfide) groups is 1. The maximum atomic E-state index is 11.9. The third kappa shape index (κ3) is 4.33. The van der Waals surface area contributed by atoms with Gasteiger partial charge in [0.2, 0.25) is 5.91 Å². The van der Waals surface area contributed by atoms with Gasteiger partial charge in [-0.05, 0) is 46.9 Å². The first-order valence-electron chi connectivity index (χ1n) is 6.71. The minimum Gasteiger partial charge on any atom is -0.325 e. The van der Waals surface area contributed by atoms with E-state index in [1.165, 1.54) is 33.6 Å². The molecule has 0 bridgehead atoms. The number of nitrogens with zero attached hydrogens (tertiary/aromatic N) is 2. The fourth-order valence-electron chi connectivity index (χ4n) is 1.94. The van der Waals surface area contributed by atoms with Crippen LogP contribution < -0.4 is 10.9 Å². The first kappa shape index (κ1) is 16.5. The van der Waals surface area contributed by atoms with E-state index < -0.39 is 0 Å². The monoisotopic (exact) mass is 457 g/mol. The number of hydrogen-bond acceptors (Lipinski definition) is 5. The summed E-state index contributed by atoms with van der Waals surface area (Å²) in [6.07, 6.45) is 1.71. The normalized spacial score (nSPS) is 10.8. The van der Waals surface area contributed by atoms with E-state index in [-0.39, 0.29) is 11.5 Å². The molecule has 0 aliphatic heterocycles. The molecule has 23 heavy (non-hydrogen) atoms. The molecule has 0 aliphatic rings. The van der Waals surface area contributed by atoms with Crippen molar-refractivity contribution in [1.82, 2.24) is 9.38 Å². The van der Waals surface area contributed by atoms with Crippen LogP contribution in [0.1, 0.15) is 5.69 Å². The highest BCUT2D eigenvalue weighted by Gasteiger charge is 2.06. The van der Waals surface area contributed by atoms with Crippen molar-refractivity contribution >= 4 is 62.2 Å². The molecule has 8 heteroatoms. The summed E-state index contributed by atoms with van der Waals surface area (Å²) in [5.41, 5.74) is 1.40. The number of hydrogen-bond donors (Lipinski definition) is 1. The largest absolute Gasteiger partial charge is 0.325 e. The van der Waals surface area contributed by atoms with Crippen molar-refractivity contribution in [3.63, 3.8) is 0 Å². The van der Waals surface area contributed by atoms with Gasteiger partial charge in [0.15, 0.2) is 4.96 Å². The zero-order valence-electron chi connectivity index (χ0n) is 11.9. The summed E-state index contributed by atoms with van der Waals surface area (Å²) in [4.78, 5) is 28.9. The van der Waals surface area contributed by atoms with Gasteiger partial charge in [0.25, 0.3) is 5.56 Å². The van der Waals surface area contributed by atoms with Crippen molar-refractivity contribution in [3.05, 3.63) is 61.5 Å². The molecule has 0 unspecified atom stereocenters. The summed E-state index contributed by atoms with van der Waals surface area (Å²) < 4.78 is 2.64. The van der Waals surface area contributed by atoms with Gasteiger partial charge in [0.05, 0.1) is 11.4 Å².